The maximum absolute atomic E-state index is 6.00. The molecule has 3 aromatic rings. The van der Waals surface area contributed by atoms with Gasteiger partial charge < -0.3 is 5.73 Å². The van der Waals surface area contributed by atoms with Crippen LogP contribution in [0.2, 0.25) is 5.02 Å². The number of nitrogens with two attached hydrogens (primary N) is 1. The second kappa shape index (κ2) is 4.55. The molecule has 96 valence electrons. The summed E-state index contributed by atoms with van der Waals surface area (Å²) in [6.45, 7) is 1.96. The van der Waals surface area contributed by atoms with E-state index < -0.39 is 0 Å². The first-order valence-corrected chi connectivity index (χ1v) is 6.36. The summed E-state index contributed by atoms with van der Waals surface area (Å²) in [7, 11) is 0. The van der Waals surface area contributed by atoms with Gasteiger partial charge in [-0.2, -0.15) is 0 Å². The number of nitrogens with zero attached hydrogens (tertiary/aromatic N) is 3. The number of anilines is 1. The molecule has 4 nitrogen and oxygen atoms in total. The number of aryl methyl sites for hydroxylation is 1. The zero-order valence-electron chi connectivity index (χ0n) is 10.5. The monoisotopic (exact) mass is 272 g/mol. The highest BCUT2D eigenvalue weighted by Gasteiger charge is 2.09. The van der Waals surface area contributed by atoms with Gasteiger partial charge in [0.25, 0.3) is 0 Å². The largest absolute Gasteiger partial charge is 0.395 e. The summed E-state index contributed by atoms with van der Waals surface area (Å²) < 4.78 is 1.93. The molecular formula is C14H13ClN4. The number of aromatic nitrogens is 3. The van der Waals surface area contributed by atoms with Gasteiger partial charge in [-0.05, 0) is 36.2 Å². The molecule has 2 aromatic heterocycles. The van der Waals surface area contributed by atoms with Crippen molar-refractivity contribution in [2.75, 3.05) is 5.73 Å². The van der Waals surface area contributed by atoms with E-state index in [2.05, 4.69) is 10.2 Å². The van der Waals surface area contributed by atoms with Crippen molar-refractivity contribution in [3.8, 4) is 0 Å². The second-order valence-electron chi connectivity index (χ2n) is 4.53. The predicted octanol–water partition coefficient (Wildman–Crippen LogP) is 2.86. The van der Waals surface area contributed by atoms with Crippen molar-refractivity contribution in [1.29, 1.82) is 0 Å². The van der Waals surface area contributed by atoms with Gasteiger partial charge in [0.05, 0.1) is 5.69 Å². The SMILES string of the molecule is Cc1ccn2c(Cc3ccc(Cl)cc3)nnc2c1N. The third kappa shape index (κ3) is 2.15. The molecule has 3 rings (SSSR count). The lowest BCUT2D eigenvalue weighted by Crippen LogP contribution is -1.99. The van der Waals surface area contributed by atoms with Gasteiger partial charge in [0.2, 0.25) is 0 Å². The van der Waals surface area contributed by atoms with Crippen LogP contribution in [0.25, 0.3) is 5.65 Å². The van der Waals surface area contributed by atoms with Crippen molar-refractivity contribution >= 4 is 22.9 Å². The smallest absolute Gasteiger partial charge is 0.184 e. The molecule has 0 saturated heterocycles. The normalized spacial score (nSPS) is 11.1. The lowest BCUT2D eigenvalue weighted by molar-refractivity contribution is 0.934. The number of hydrogen-bond donors (Lipinski definition) is 1. The molecular weight excluding hydrogens is 260 g/mol. The second-order valence-corrected chi connectivity index (χ2v) is 4.96. The summed E-state index contributed by atoms with van der Waals surface area (Å²) >= 11 is 5.88. The molecule has 2 N–H and O–H groups in total. The van der Waals surface area contributed by atoms with E-state index in [9.17, 15) is 0 Å². The minimum absolute atomic E-state index is 0.678. The molecule has 0 unspecified atom stereocenters. The van der Waals surface area contributed by atoms with E-state index in [4.69, 9.17) is 17.3 Å². The van der Waals surface area contributed by atoms with Crippen LogP contribution < -0.4 is 5.73 Å². The van der Waals surface area contributed by atoms with Gasteiger partial charge in [0.15, 0.2) is 5.65 Å². The number of halogens is 1. The van der Waals surface area contributed by atoms with Crippen molar-refractivity contribution < 1.29 is 0 Å². The van der Waals surface area contributed by atoms with Crippen LogP contribution in [0, 0.1) is 6.92 Å². The van der Waals surface area contributed by atoms with Gasteiger partial charge >= 0.3 is 0 Å². The first-order valence-electron chi connectivity index (χ1n) is 5.98. The van der Waals surface area contributed by atoms with Gasteiger partial charge in [-0.25, -0.2) is 0 Å². The number of rotatable bonds is 2. The molecule has 0 fully saturated rings. The maximum atomic E-state index is 6.00. The van der Waals surface area contributed by atoms with Gasteiger partial charge in [-0.1, -0.05) is 23.7 Å². The summed E-state index contributed by atoms with van der Waals surface area (Å²) in [5.41, 5.74) is 9.54. The lowest BCUT2D eigenvalue weighted by atomic mass is 10.1. The highest BCUT2D eigenvalue weighted by molar-refractivity contribution is 6.30. The van der Waals surface area contributed by atoms with E-state index in [1.165, 1.54) is 0 Å². The average Bonchev–Trinajstić information content (AvgIpc) is 2.80. The van der Waals surface area contributed by atoms with Crippen LogP contribution in [0.5, 0.6) is 0 Å². The fourth-order valence-electron chi connectivity index (χ4n) is 2.02. The summed E-state index contributed by atoms with van der Waals surface area (Å²) in [5.74, 6) is 0.865. The van der Waals surface area contributed by atoms with E-state index >= 15 is 0 Å². The number of fused-ring (bicyclic) bond motifs is 1. The molecule has 0 atom stereocenters. The molecule has 0 amide bonds. The summed E-state index contributed by atoms with van der Waals surface area (Å²) in [5, 5.41) is 9.10. The van der Waals surface area contributed by atoms with Crippen LogP contribution in [0.3, 0.4) is 0 Å². The third-order valence-electron chi connectivity index (χ3n) is 3.18. The van der Waals surface area contributed by atoms with Gasteiger partial charge in [-0.3, -0.25) is 4.40 Å². The molecule has 0 aliphatic carbocycles. The number of nitrogen functional groups attached to an aromatic ring is 1. The van der Waals surface area contributed by atoms with Crippen molar-refractivity contribution in [3.05, 3.63) is 58.5 Å². The molecule has 0 aliphatic heterocycles. The Balaban J connectivity index is 2.02. The Labute approximate surface area is 115 Å². The van der Waals surface area contributed by atoms with Crippen LogP contribution in [-0.2, 0) is 6.42 Å². The fraction of sp³-hybridized carbons (Fsp3) is 0.143. The quantitative estimate of drug-likeness (QED) is 0.780. The lowest BCUT2D eigenvalue weighted by Gasteiger charge is -2.04. The predicted molar refractivity (Wildman–Crippen MR) is 76.4 cm³/mol. The van der Waals surface area contributed by atoms with E-state index in [1.807, 2.05) is 47.9 Å². The molecule has 0 aliphatic rings. The molecule has 0 bridgehead atoms. The fourth-order valence-corrected chi connectivity index (χ4v) is 2.15. The third-order valence-corrected chi connectivity index (χ3v) is 3.43. The number of hydrogen-bond acceptors (Lipinski definition) is 3. The maximum Gasteiger partial charge on any atom is 0.184 e. The van der Waals surface area contributed by atoms with E-state index in [0.29, 0.717) is 17.8 Å². The molecule has 1 aromatic carbocycles. The van der Waals surface area contributed by atoms with Crippen molar-refractivity contribution in [2.24, 2.45) is 0 Å². The van der Waals surface area contributed by atoms with Crippen LogP contribution in [0.4, 0.5) is 5.69 Å². The molecule has 0 spiro atoms. The highest BCUT2D eigenvalue weighted by Crippen LogP contribution is 2.19. The van der Waals surface area contributed by atoms with Crippen LogP contribution in [0.1, 0.15) is 17.0 Å². The Morgan fingerprint density at radius 2 is 1.89 bits per heavy atom. The Morgan fingerprint density at radius 1 is 1.16 bits per heavy atom. The Morgan fingerprint density at radius 3 is 2.63 bits per heavy atom. The average molecular weight is 273 g/mol. The van der Waals surface area contributed by atoms with E-state index in [0.717, 1.165) is 22.0 Å². The molecule has 0 radical (unpaired) electrons. The van der Waals surface area contributed by atoms with Crippen LogP contribution >= 0.6 is 11.6 Å². The summed E-state index contributed by atoms with van der Waals surface area (Å²) in [4.78, 5) is 0. The zero-order chi connectivity index (χ0) is 13.4. The van der Waals surface area contributed by atoms with E-state index in [-0.39, 0.29) is 0 Å². The topological polar surface area (TPSA) is 56.2 Å². The molecule has 2 heterocycles. The Bertz CT molecular complexity index is 731. The molecule has 5 heteroatoms. The first-order chi connectivity index (χ1) is 9.15. The van der Waals surface area contributed by atoms with Gasteiger partial charge in [0.1, 0.15) is 5.82 Å². The standard InChI is InChI=1S/C14H13ClN4/c1-9-6-7-19-12(17-18-14(19)13(9)16)8-10-2-4-11(15)5-3-10/h2-7H,8,16H2,1H3. The summed E-state index contributed by atoms with van der Waals surface area (Å²) in [6.07, 6.45) is 2.65. The number of benzene rings is 1. The Hall–Kier alpha value is -2.07. The van der Waals surface area contributed by atoms with E-state index in [1.54, 1.807) is 0 Å². The summed E-state index contributed by atoms with van der Waals surface area (Å²) in [6, 6.07) is 9.69. The highest BCUT2D eigenvalue weighted by atomic mass is 35.5. The number of pyridine rings is 1. The van der Waals surface area contributed by atoms with Crippen molar-refractivity contribution in [3.63, 3.8) is 0 Å². The van der Waals surface area contributed by atoms with Gasteiger partial charge in [-0.15, -0.1) is 10.2 Å². The van der Waals surface area contributed by atoms with Gasteiger partial charge in [0, 0.05) is 17.6 Å². The first kappa shape index (κ1) is 12.0. The minimum Gasteiger partial charge on any atom is -0.395 e. The zero-order valence-corrected chi connectivity index (χ0v) is 11.2. The van der Waals surface area contributed by atoms with Crippen LogP contribution in [0.15, 0.2) is 36.5 Å². The van der Waals surface area contributed by atoms with Crippen molar-refractivity contribution in [1.82, 2.24) is 14.6 Å². The van der Waals surface area contributed by atoms with Crippen molar-refractivity contribution in [2.45, 2.75) is 13.3 Å². The Kier molecular flexibility index (Phi) is 2.87. The molecule has 0 saturated carbocycles. The van der Waals surface area contributed by atoms with Crippen LogP contribution in [-0.4, -0.2) is 14.6 Å². The minimum atomic E-state index is 0.678. The molecule has 19 heavy (non-hydrogen) atoms.